The van der Waals surface area contributed by atoms with Crippen LogP contribution in [0.4, 0.5) is 5.69 Å². The highest BCUT2D eigenvalue weighted by Crippen LogP contribution is 2.18. The Kier molecular flexibility index (Phi) is 3.58. The number of nitrogens with zero attached hydrogens (tertiary/aromatic N) is 4. The number of rotatable bonds is 6. The van der Waals surface area contributed by atoms with E-state index in [0.29, 0.717) is 12.6 Å². The Labute approximate surface area is 116 Å². The van der Waals surface area contributed by atoms with Crippen molar-refractivity contribution in [3.05, 3.63) is 36.7 Å². The fourth-order valence-electron chi connectivity index (χ4n) is 1.80. The molecule has 1 fully saturated rings. The van der Waals surface area contributed by atoms with Crippen LogP contribution in [0.1, 0.15) is 18.5 Å². The van der Waals surface area contributed by atoms with Crippen molar-refractivity contribution < 1.29 is 4.79 Å². The van der Waals surface area contributed by atoms with Crippen LogP contribution < -0.4 is 10.6 Å². The average Bonchev–Trinajstić information content (AvgIpc) is 3.15. The maximum Gasteiger partial charge on any atom is 0.241 e. The normalized spacial score (nSPS) is 14.0. The van der Waals surface area contributed by atoms with E-state index in [0.717, 1.165) is 24.2 Å². The van der Waals surface area contributed by atoms with Crippen LogP contribution >= 0.6 is 0 Å². The minimum Gasteiger partial charge on any atom is -0.377 e. The molecule has 0 saturated heterocycles. The molecular formula is C13H16N6O. The molecule has 0 atom stereocenters. The van der Waals surface area contributed by atoms with Crippen molar-refractivity contribution in [1.82, 2.24) is 25.1 Å². The highest BCUT2D eigenvalue weighted by atomic mass is 16.2. The lowest BCUT2D eigenvalue weighted by Crippen LogP contribution is -2.29. The van der Waals surface area contributed by atoms with Crippen LogP contribution in [0.5, 0.6) is 0 Å². The summed E-state index contributed by atoms with van der Waals surface area (Å²) in [6.07, 6.45) is 10.7. The van der Waals surface area contributed by atoms with Gasteiger partial charge in [0.2, 0.25) is 5.91 Å². The number of hydrogen-bond acceptors (Lipinski definition) is 5. The van der Waals surface area contributed by atoms with Gasteiger partial charge in [0.05, 0.1) is 30.3 Å². The molecule has 2 heterocycles. The van der Waals surface area contributed by atoms with E-state index in [1.165, 1.54) is 0 Å². The Morgan fingerprint density at radius 1 is 1.35 bits per heavy atom. The summed E-state index contributed by atoms with van der Waals surface area (Å²) in [4.78, 5) is 19.8. The molecule has 3 rings (SSSR count). The van der Waals surface area contributed by atoms with Gasteiger partial charge < -0.3 is 10.6 Å². The molecule has 2 aromatic heterocycles. The molecule has 1 saturated carbocycles. The summed E-state index contributed by atoms with van der Waals surface area (Å²) in [5.41, 5.74) is 1.71. The summed E-state index contributed by atoms with van der Waals surface area (Å²) in [7, 11) is 0. The molecule has 0 unspecified atom stereocenters. The maximum absolute atomic E-state index is 11.6. The Balaban J connectivity index is 1.49. The predicted molar refractivity (Wildman–Crippen MR) is 72.8 cm³/mol. The monoisotopic (exact) mass is 272 g/mol. The molecular weight excluding hydrogens is 256 g/mol. The van der Waals surface area contributed by atoms with E-state index in [9.17, 15) is 4.79 Å². The van der Waals surface area contributed by atoms with Crippen LogP contribution in [0.25, 0.3) is 0 Å². The Hall–Kier alpha value is -2.44. The first-order chi connectivity index (χ1) is 9.79. The molecule has 0 radical (unpaired) electrons. The quantitative estimate of drug-likeness (QED) is 0.803. The lowest BCUT2D eigenvalue weighted by molar-refractivity contribution is -0.122. The number of hydrogen-bond donors (Lipinski definition) is 2. The van der Waals surface area contributed by atoms with Crippen LogP contribution in [0.3, 0.4) is 0 Å². The zero-order valence-corrected chi connectivity index (χ0v) is 11.0. The van der Waals surface area contributed by atoms with Crippen molar-refractivity contribution in [2.24, 2.45) is 0 Å². The van der Waals surface area contributed by atoms with Crippen LogP contribution in [0.15, 0.2) is 31.0 Å². The van der Waals surface area contributed by atoms with Crippen molar-refractivity contribution >= 4 is 11.6 Å². The van der Waals surface area contributed by atoms with E-state index in [-0.39, 0.29) is 12.5 Å². The first-order valence-corrected chi connectivity index (χ1v) is 6.60. The number of carbonyl (C=O) groups excluding carboxylic acids is 1. The van der Waals surface area contributed by atoms with Gasteiger partial charge in [0.1, 0.15) is 6.54 Å². The molecule has 0 aliphatic heterocycles. The highest BCUT2D eigenvalue weighted by Gasteiger charge is 2.23. The molecule has 20 heavy (non-hydrogen) atoms. The molecule has 7 nitrogen and oxygen atoms in total. The lowest BCUT2D eigenvalue weighted by Gasteiger charge is -2.03. The maximum atomic E-state index is 11.6. The predicted octanol–water partition coefficient (Wildman–Crippen LogP) is 0.564. The first-order valence-electron chi connectivity index (χ1n) is 6.60. The summed E-state index contributed by atoms with van der Waals surface area (Å²) < 4.78 is 1.62. The molecule has 1 amide bonds. The van der Waals surface area contributed by atoms with Crippen molar-refractivity contribution in [3.63, 3.8) is 0 Å². The summed E-state index contributed by atoms with van der Waals surface area (Å²) in [5.74, 6) is 0.0103. The van der Waals surface area contributed by atoms with Crippen molar-refractivity contribution in [1.29, 1.82) is 0 Å². The molecule has 104 valence electrons. The number of nitrogens with one attached hydrogen (secondary N) is 2. The van der Waals surface area contributed by atoms with Crippen molar-refractivity contribution in [2.45, 2.75) is 32.0 Å². The summed E-state index contributed by atoms with van der Waals surface area (Å²) in [6, 6.07) is 0.382. The zero-order chi connectivity index (χ0) is 13.8. The van der Waals surface area contributed by atoms with Crippen LogP contribution in [-0.4, -0.2) is 31.7 Å². The van der Waals surface area contributed by atoms with E-state index in [1.807, 2.05) is 6.20 Å². The molecule has 2 N–H and O–H groups in total. The third-order valence-electron chi connectivity index (χ3n) is 2.97. The van der Waals surface area contributed by atoms with E-state index >= 15 is 0 Å². The second-order valence-electron chi connectivity index (χ2n) is 4.82. The number of anilines is 1. The molecule has 0 bridgehead atoms. The van der Waals surface area contributed by atoms with Gasteiger partial charge in [-0.15, -0.1) is 0 Å². The topological polar surface area (TPSA) is 84.7 Å². The minimum atomic E-state index is 0.0103. The molecule has 0 aromatic carbocycles. The van der Waals surface area contributed by atoms with Crippen LogP contribution in [0, 0.1) is 0 Å². The fourth-order valence-corrected chi connectivity index (χ4v) is 1.80. The second kappa shape index (κ2) is 5.68. The van der Waals surface area contributed by atoms with Crippen molar-refractivity contribution in [3.8, 4) is 0 Å². The van der Waals surface area contributed by atoms with Gasteiger partial charge in [-0.1, -0.05) is 0 Å². The Morgan fingerprint density at radius 3 is 3.00 bits per heavy atom. The van der Waals surface area contributed by atoms with E-state index < -0.39 is 0 Å². The third-order valence-corrected chi connectivity index (χ3v) is 2.97. The molecule has 0 spiro atoms. The van der Waals surface area contributed by atoms with E-state index in [1.54, 1.807) is 29.5 Å². The number of amides is 1. The van der Waals surface area contributed by atoms with E-state index in [2.05, 4.69) is 25.7 Å². The van der Waals surface area contributed by atoms with Gasteiger partial charge in [-0.05, 0) is 12.8 Å². The van der Waals surface area contributed by atoms with Crippen LogP contribution in [0.2, 0.25) is 0 Å². The number of aromatic nitrogens is 4. The smallest absolute Gasteiger partial charge is 0.241 e. The van der Waals surface area contributed by atoms with Gasteiger partial charge in [-0.25, -0.2) is 0 Å². The second-order valence-corrected chi connectivity index (χ2v) is 4.82. The zero-order valence-electron chi connectivity index (χ0n) is 11.0. The largest absolute Gasteiger partial charge is 0.377 e. The standard InChI is InChI=1S/C13H16N6O/c20-13(18-10-1-2-10)9-19-8-12(7-17-19)16-6-11-5-14-3-4-15-11/h3-5,7-8,10,16H,1-2,6,9H2,(H,18,20). The summed E-state index contributed by atoms with van der Waals surface area (Å²) >= 11 is 0. The number of carbonyl (C=O) groups is 1. The van der Waals surface area contributed by atoms with Gasteiger partial charge in [-0.3, -0.25) is 19.4 Å². The molecule has 1 aliphatic carbocycles. The SMILES string of the molecule is O=C(Cn1cc(NCc2cnccn2)cn1)NC1CC1. The van der Waals surface area contributed by atoms with Gasteiger partial charge >= 0.3 is 0 Å². The molecule has 7 heteroatoms. The average molecular weight is 272 g/mol. The summed E-state index contributed by atoms with van der Waals surface area (Å²) in [5, 5.41) is 10.3. The molecule has 2 aromatic rings. The van der Waals surface area contributed by atoms with E-state index in [4.69, 9.17) is 0 Å². The Morgan fingerprint density at radius 2 is 2.25 bits per heavy atom. The Bertz CT molecular complexity index is 578. The minimum absolute atomic E-state index is 0.0103. The van der Waals surface area contributed by atoms with Gasteiger partial charge in [0.15, 0.2) is 0 Å². The lowest BCUT2D eigenvalue weighted by atomic mass is 10.4. The first kappa shape index (κ1) is 12.6. The van der Waals surface area contributed by atoms with Crippen molar-refractivity contribution in [2.75, 3.05) is 5.32 Å². The highest BCUT2D eigenvalue weighted by molar-refractivity contribution is 5.76. The summed E-state index contributed by atoms with van der Waals surface area (Å²) in [6.45, 7) is 0.830. The van der Waals surface area contributed by atoms with Crippen LogP contribution in [-0.2, 0) is 17.9 Å². The third kappa shape index (κ3) is 3.53. The molecule has 1 aliphatic rings. The van der Waals surface area contributed by atoms with Gasteiger partial charge in [-0.2, -0.15) is 5.10 Å². The van der Waals surface area contributed by atoms with Gasteiger partial charge in [0.25, 0.3) is 0 Å². The van der Waals surface area contributed by atoms with Gasteiger partial charge in [0, 0.05) is 24.6 Å². The fraction of sp³-hybridized carbons (Fsp3) is 0.385.